The molecule has 0 saturated heterocycles. The molecule has 0 unspecified atom stereocenters. The Morgan fingerprint density at radius 1 is 1.24 bits per heavy atom. The van der Waals surface area contributed by atoms with Gasteiger partial charge in [-0.15, -0.1) is 11.8 Å². The third kappa shape index (κ3) is 4.12. The summed E-state index contributed by atoms with van der Waals surface area (Å²) < 4.78 is 15.1. The third-order valence-corrected chi connectivity index (χ3v) is 5.68. The van der Waals surface area contributed by atoms with Gasteiger partial charge in [0.25, 0.3) is 0 Å². The number of amides is 1. The number of benzene rings is 2. The second-order valence-electron chi connectivity index (χ2n) is 5.91. The predicted molar refractivity (Wildman–Crippen MR) is 102 cm³/mol. The summed E-state index contributed by atoms with van der Waals surface area (Å²) in [6, 6.07) is 10.3. The van der Waals surface area contributed by atoms with Crippen LogP contribution in [0.25, 0.3) is 0 Å². The van der Waals surface area contributed by atoms with Gasteiger partial charge >= 0.3 is 0 Å². The van der Waals surface area contributed by atoms with Gasteiger partial charge < -0.3 is 4.90 Å². The van der Waals surface area contributed by atoms with E-state index in [-0.39, 0.29) is 17.4 Å². The lowest BCUT2D eigenvalue weighted by molar-refractivity contribution is -0.116. The number of Topliss-reactive ketones (excluding diaryl/α,β-unsaturated/α-hetero) is 1. The monoisotopic (exact) mass is 421 g/mol. The molecule has 0 atom stereocenters. The lowest BCUT2D eigenvalue weighted by Crippen LogP contribution is -2.36. The highest BCUT2D eigenvalue weighted by atomic mass is 79.9. The molecule has 0 spiro atoms. The molecule has 3 rings (SSSR count). The van der Waals surface area contributed by atoms with E-state index in [0.717, 1.165) is 40.3 Å². The van der Waals surface area contributed by atoms with Gasteiger partial charge in [0.15, 0.2) is 5.78 Å². The van der Waals surface area contributed by atoms with Gasteiger partial charge in [0.1, 0.15) is 5.82 Å². The molecule has 1 aliphatic heterocycles. The van der Waals surface area contributed by atoms with Crippen molar-refractivity contribution in [3.63, 3.8) is 0 Å². The summed E-state index contributed by atoms with van der Waals surface area (Å²) in [4.78, 5) is 26.1. The van der Waals surface area contributed by atoms with E-state index >= 15 is 0 Å². The fraction of sp³-hybridized carbons (Fsp3) is 0.263. The Labute approximate surface area is 158 Å². The molecule has 0 aliphatic carbocycles. The maximum atomic E-state index is 14.1. The SMILES string of the molecule is CC(=O)c1ccc(SCC(=O)N2CCCc3cc(Br)ccc32)c(F)c1. The van der Waals surface area contributed by atoms with E-state index in [1.807, 2.05) is 18.2 Å². The average Bonchev–Trinajstić information content (AvgIpc) is 2.59. The second-order valence-corrected chi connectivity index (χ2v) is 7.84. The first kappa shape index (κ1) is 18.1. The van der Waals surface area contributed by atoms with Crippen LogP contribution in [0.3, 0.4) is 0 Å². The molecular formula is C19H17BrFNO2S. The minimum absolute atomic E-state index is 0.0386. The molecule has 130 valence electrons. The van der Waals surface area contributed by atoms with E-state index in [1.165, 1.54) is 13.0 Å². The number of aryl methyl sites for hydroxylation is 1. The lowest BCUT2D eigenvalue weighted by Gasteiger charge is -2.29. The Hall–Kier alpha value is -1.66. The molecule has 6 heteroatoms. The zero-order valence-electron chi connectivity index (χ0n) is 13.7. The van der Waals surface area contributed by atoms with Crippen LogP contribution in [0.4, 0.5) is 10.1 Å². The number of thioether (sulfide) groups is 1. The molecule has 3 nitrogen and oxygen atoms in total. The van der Waals surface area contributed by atoms with E-state index in [9.17, 15) is 14.0 Å². The standard InChI is InChI=1S/C19H17BrFNO2S/c1-12(23)13-4-7-18(16(21)10-13)25-11-19(24)22-8-2-3-14-9-15(20)5-6-17(14)22/h4-7,9-10H,2-3,8,11H2,1H3. The van der Waals surface area contributed by atoms with Gasteiger partial charge in [-0.2, -0.15) is 0 Å². The fourth-order valence-corrected chi connectivity index (χ4v) is 4.08. The van der Waals surface area contributed by atoms with Crippen LogP contribution >= 0.6 is 27.7 Å². The maximum Gasteiger partial charge on any atom is 0.237 e. The van der Waals surface area contributed by atoms with Crippen molar-refractivity contribution in [1.29, 1.82) is 0 Å². The molecule has 25 heavy (non-hydrogen) atoms. The Kier molecular flexibility index (Phi) is 5.59. The fourth-order valence-electron chi connectivity index (χ4n) is 2.88. The summed E-state index contributed by atoms with van der Waals surface area (Å²) in [7, 11) is 0. The van der Waals surface area contributed by atoms with Crippen molar-refractivity contribution in [2.24, 2.45) is 0 Å². The molecule has 0 aromatic heterocycles. The number of halogens is 2. The molecule has 0 saturated carbocycles. The number of hydrogen-bond acceptors (Lipinski definition) is 3. The Balaban J connectivity index is 1.71. The molecule has 2 aromatic carbocycles. The summed E-state index contributed by atoms with van der Waals surface area (Å²) >= 11 is 4.62. The number of hydrogen-bond donors (Lipinski definition) is 0. The van der Waals surface area contributed by atoms with Crippen LogP contribution in [0.5, 0.6) is 0 Å². The minimum atomic E-state index is -0.464. The summed E-state index contributed by atoms with van der Waals surface area (Å²) in [6.07, 6.45) is 1.87. The molecule has 0 N–H and O–H groups in total. The highest BCUT2D eigenvalue weighted by Crippen LogP contribution is 2.31. The van der Waals surface area contributed by atoms with Crippen molar-refractivity contribution < 1.29 is 14.0 Å². The van der Waals surface area contributed by atoms with Crippen LogP contribution < -0.4 is 4.90 Å². The first-order chi connectivity index (χ1) is 12.0. The van der Waals surface area contributed by atoms with Gasteiger partial charge in [0, 0.05) is 27.2 Å². The van der Waals surface area contributed by atoms with Crippen molar-refractivity contribution in [2.75, 3.05) is 17.2 Å². The van der Waals surface area contributed by atoms with E-state index < -0.39 is 5.82 Å². The van der Waals surface area contributed by atoms with Crippen molar-refractivity contribution in [3.8, 4) is 0 Å². The highest BCUT2D eigenvalue weighted by Gasteiger charge is 2.23. The number of fused-ring (bicyclic) bond motifs is 1. The van der Waals surface area contributed by atoms with Crippen LogP contribution in [0.1, 0.15) is 29.3 Å². The topological polar surface area (TPSA) is 37.4 Å². The minimum Gasteiger partial charge on any atom is -0.311 e. The number of carbonyl (C=O) groups is 2. The van der Waals surface area contributed by atoms with Crippen molar-refractivity contribution in [1.82, 2.24) is 0 Å². The van der Waals surface area contributed by atoms with Gasteiger partial charge in [0.05, 0.1) is 5.75 Å². The molecule has 0 radical (unpaired) electrons. The Bertz CT molecular complexity index is 840. The predicted octanol–water partition coefficient (Wildman–Crippen LogP) is 4.86. The Morgan fingerprint density at radius 2 is 2.04 bits per heavy atom. The largest absolute Gasteiger partial charge is 0.311 e. The van der Waals surface area contributed by atoms with E-state index in [0.29, 0.717) is 17.0 Å². The van der Waals surface area contributed by atoms with Gasteiger partial charge in [-0.05, 0) is 55.7 Å². The number of ketones is 1. The quantitative estimate of drug-likeness (QED) is 0.522. The summed E-state index contributed by atoms with van der Waals surface area (Å²) in [5.74, 6) is -0.523. The second kappa shape index (κ2) is 7.70. The van der Waals surface area contributed by atoms with Gasteiger partial charge in [-0.1, -0.05) is 22.0 Å². The number of rotatable bonds is 4. The van der Waals surface area contributed by atoms with Crippen molar-refractivity contribution in [3.05, 3.63) is 57.8 Å². The zero-order valence-corrected chi connectivity index (χ0v) is 16.1. The Morgan fingerprint density at radius 3 is 2.76 bits per heavy atom. The summed E-state index contributed by atoms with van der Waals surface area (Å²) in [5.41, 5.74) is 2.42. The van der Waals surface area contributed by atoms with E-state index in [2.05, 4.69) is 15.9 Å². The normalized spacial score (nSPS) is 13.5. The molecule has 1 aliphatic rings. The van der Waals surface area contributed by atoms with Crippen LogP contribution in [0.15, 0.2) is 45.8 Å². The number of carbonyl (C=O) groups excluding carboxylic acids is 2. The molecule has 1 heterocycles. The van der Waals surface area contributed by atoms with Crippen molar-refractivity contribution >= 4 is 45.1 Å². The molecule has 2 aromatic rings. The smallest absolute Gasteiger partial charge is 0.237 e. The van der Waals surface area contributed by atoms with E-state index in [4.69, 9.17) is 0 Å². The van der Waals surface area contributed by atoms with Crippen molar-refractivity contribution in [2.45, 2.75) is 24.7 Å². The lowest BCUT2D eigenvalue weighted by atomic mass is 10.0. The molecular weight excluding hydrogens is 405 g/mol. The summed E-state index contributed by atoms with van der Waals surface area (Å²) in [5, 5.41) is 0. The highest BCUT2D eigenvalue weighted by molar-refractivity contribution is 9.10. The average molecular weight is 422 g/mol. The number of anilines is 1. The summed E-state index contributed by atoms with van der Waals surface area (Å²) in [6.45, 7) is 2.08. The van der Waals surface area contributed by atoms with Gasteiger partial charge in [0.2, 0.25) is 5.91 Å². The van der Waals surface area contributed by atoms with Crippen LogP contribution in [-0.2, 0) is 11.2 Å². The number of nitrogens with zero attached hydrogens (tertiary/aromatic N) is 1. The van der Waals surface area contributed by atoms with Gasteiger partial charge in [-0.25, -0.2) is 4.39 Å². The van der Waals surface area contributed by atoms with E-state index in [1.54, 1.807) is 17.0 Å². The first-order valence-corrected chi connectivity index (χ1v) is 9.75. The molecule has 1 amide bonds. The third-order valence-electron chi connectivity index (χ3n) is 4.15. The van der Waals surface area contributed by atoms with Gasteiger partial charge in [-0.3, -0.25) is 9.59 Å². The first-order valence-electron chi connectivity index (χ1n) is 7.98. The maximum absolute atomic E-state index is 14.1. The van der Waals surface area contributed by atoms with Crippen LogP contribution in [-0.4, -0.2) is 24.0 Å². The van der Waals surface area contributed by atoms with Crippen LogP contribution in [0.2, 0.25) is 0 Å². The molecule has 0 bridgehead atoms. The zero-order chi connectivity index (χ0) is 18.0. The molecule has 0 fully saturated rings. The van der Waals surface area contributed by atoms with Crippen LogP contribution in [0, 0.1) is 5.82 Å².